The predicted octanol–water partition coefficient (Wildman–Crippen LogP) is 2.09. The van der Waals surface area contributed by atoms with Gasteiger partial charge in [0.1, 0.15) is 9.84 Å². The summed E-state index contributed by atoms with van der Waals surface area (Å²) < 4.78 is 23.2. The SMILES string of the molecule is Cc1c(Br)cccc1C(CCCS(C)(=O)=O)NN. The Bertz CT molecular complexity index is 503. The molecule has 0 aliphatic carbocycles. The van der Waals surface area contributed by atoms with Crippen LogP contribution >= 0.6 is 15.9 Å². The fraction of sp³-hybridized carbons (Fsp3) is 0.500. The number of benzene rings is 1. The Labute approximate surface area is 117 Å². The lowest BCUT2D eigenvalue weighted by atomic mass is 9.98. The molecular weight excluding hydrogens is 316 g/mol. The molecule has 0 heterocycles. The van der Waals surface area contributed by atoms with Crippen molar-refractivity contribution in [2.45, 2.75) is 25.8 Å². The molecule has 0 saturated carbocycles. The molecule has 1 aromatic rings. The van der Waals surface area contributed by atoms with Crippen LogP contribution in [0.15, 0.2) is 22.7 Å². The highest BCUT2D eigenvalue weighted by molar-refractivity contribution is 9.10. The van der Waals surface area contributed by atoms with E-state index < -0.39 is 9.84 Å². The molecule has 102 valence electrons. The molecule has 1 rings (SSSR count). The van der Waals surface area contributed by atoms with Crippen molar-refractivity contribution in [3.63, 3.8) is 0 Å². The average Bonchev–Trinajstić information content (AvgIpc) is 2.27. The molecule has 3 N–H and O–H groups in total. The Morgan fingerprint density at radius 2 is 2.11 bits per heavy atom. The van der Waals surface area contributed by atoms with Gasteiger partial charge in [-0.3, -0.25) is 11.3 Å². The van der Waals surface area contributed by atoms with Gasteiger partial charge in [-0.05, 0) is 37.0 Å². The number of hydrogen-bond donors (Lipinski definition) is 2. The smallest absolute Gasteiger partial charge is 0.147 e. The van der Waals surface area contributed by atoms with E-state index in [-0.39, 0.29) is 11.8 Å². The standard InChI is InChI=1S/C12H19BrN2O2S/c1-9-10(5-3-6-11(9)13)12(15-14)7-4-8-18(2,16)17/h3,5-6,12,15H,4,7-8,14H2,1-2H3. The quantitative estimate of drug-likeness (QED) is 0.617. The van der Waals surface area contributed by atoms with Gasteiger partial charge in [0, 0.05) is 22.5 Å². The predicted molar refractivity (Wildman–Crippen MR) is 77.9 cm³/mol. The van der Waals surface area contributed by atoms with E-state index in [0.717, 1.165) is 15.6 Å². The molecule has 0 radical (unpaired) electrons. The van der Waals surface area contributed by atoms with Crippen LogP contribution in [0.1, 0.15) is 30.0 Å². The zero-order valence-corrected chi connectivity index (χ0v) is 13.0. The second kappa shape index (κ2) is 6.65. The third kappa shape index (κ3) is 4.68. The van der Waals surface area contributed by atoms with Gasteiger partial charge >= 0.3 is 0 Å². The number of rotatable bonds is 6. The van der Waals surface area contributed by atoms with E-state index in [2.05, 4.69) is 21.4 Å². The van der Waals surface area contributed by atoms with Gasteiger partial charge in [-0.25, -0.2) is 8.42 Å². The summed E-state index contributed by atoms with van der Waals surface area (Å²) >= 11 is 3.48. The minimum atomic E-state index is -2.91. The van der Waals surface area contributed by atoms with Crippen molar-refractivity contribution in [3.8, 4) is 0 Å². The fourth-order valence-corrected chi connectivity index (χ4v) is 2.95. The highest BCUT2D eigenvalue weighted by Crippen LogP contribution is 2.26. The van der Waals surface area contributed by atoms with Crippen molar-refractivity contribution in [2.24, 2.45) is 5.84 Å². The molecule has 1 aromatic carbocycles. The molecule has 1 unspecified atom stereocenters. The number of halogens is 1. The molecule has 4 nitrogen and oxygen atoms in total. The summed E-state index contributed by atoms with van der Waals surface area (Å²) in [5.41, 5.74) is 4.98. The first-order valence-corrected chi connectivity index (χ1v) is 8.59. The van der Waals surface area contributed by atoms with Crippen molar-refractivity contribution in [2.75, 3.05) is 12.0 Å². The minimum absolute atomic E-state index is 0.0238. The number of hydrogen-bond acceptors (Lipinski definition) is 4. The Hall–Kier alpha value is -0.430. The topological polar surface area (TPSA) is 72.2 Å². The van der Waals surface area contributed by atoms with Crippen LogP contribution in [0.2, 0.25) is 0 Å². The third-order valence-corrected chi connectivity index (χ3v) is 4.78. The van der Waals surface area contributed by atoms with Crippen LogP contribution in [0.5, 0.6) is 0 Å². The molecule has 0 fully saturated rings. The number of nitrogens with two attached hydrogens (primary N) is 1. The van der Waals surface area contributed by atoms with E-state index in [1.165, 1.54) is 6.26 Å². The van der Waals surface area contributed by atoms with Crippen LogP contribution in [-0.2, 0) is 9.84 Å². The summed E-state index contributed by atoms with van der Waals surface area (Å²) in [6.45, 7) is 2.01. The summed E-state index contributed by atoms with van der Waals surface area (Å²) in [7, 11) is -2.91. The molecule has 18 heavy (non-hydrogen) atoms. The maximum atomic E-state index is 11.1. The third-order valence-electron chi connectivity index (χ3n) is 2.89. The van der Waals surface area contributed by atoms with Gasteiger partial charge in [-0.1, -0.05) is 28.1 Å². The van der Waals surface area contributed by atoms with Crippen LogP contribution in [-0.4, -0.2) is 20.4 Å². The Kier molecular flexibility index (Phi) is 5.78. The normalized spacial score (nSPS) is 13.6. The average molecular weight is 335 g/mol. The molecule has 1 atom stereocenters. The van der Waals surface area contributed by atoms with Gasteiger partial charge in [0.15, 0.2) is 0 Å². The van der Waals surface area contributed by atoms with Crippen LogP contribution in [0, 0.1) is 6.92 Å². The lowest BCUT2D eigenvalue weighted by molar-refractivity contribution is 0.505. The second-order valence-electron chi connectivity index (χ2n) is 4.45. The molecule has 0 aromatic heterocycles. The van der Waals surface area contributed by atoms with Crippen molar-refractivity contribution in [1.82, 2.24) is 5.43 Å². The Morgan fingerprint density at radius 3 is 2.67 bits per heavy atom. The zero-order chi connectivity index (χ0) is 13.8. The summed E-state index contributed by atoms with van der Waals surface area (Å²) in [5, 5.41) is 0. The second-order valence-corrected chi connectivity index (χ2v) is 7.56. The molecule has 0 spiro atoms. The van der Waals surface area contributed by atoms with Crippen LogP contribution in [0.3, 0.4) is 0 Å². The maximum absolute atomic E-state index is 11.1. The lowest BCUT2D eigenvalue weighted by Gasteiger charge is -2.19. The van der Waals surface area contributed by atoms with Crippen LogP contribution in [0.25, 0.3) is 0 Å². The van der Waals surface area contributed by atoms with Gasteiger partial charge in [0.2, 0.25) is 0 Å². The highest BCUT2D eigenvalue weighted by Gasteiger charge is 2.14. The largest absolute Gasteiger partial charge is 0.271 e. The van der Waals surface area contributed by atoms with Gasteiger partial charge in [-0.2, -0.15) is 0 Å². The minimum Gasteiger partial charge on any atom is -0.271 e. The van der Waals surface area contributed by atoms with Gasteiger partial charge in [-0.15, -0.1) is 0 Å². The zero-order valence-electron chi connectivity index (χ0n) is 10.6. The van der Waals surface area contributed by atoms with Crippen LogP contribution < -0.4 is 11.3 Å². The van der Waals surface area contributed by atoms with Crippen LogP contribution in [0.4, 0.5) is 0 Å². The van der Waals surface area contributed by atoms with E-state index in [4.69, 9.17) is 5.84 Å². The molecule has 6 heteroatoms. The molecule has 0 aliphatic rings. The first-order valence-electron chi connectivity index (χ1n) is 5.74. The Balaban J connectivity index is 2.75. The van der Waals surface area contributed by atoms with Gasteiger partial charge in [0.05, 0.1) is 0 Å². The van der Waals surface area contributed by atoms with Crippen molar-refractivity contribution >= 4 is 25.8 Å². The van der Waals surface area contributed by atoms with Crippen molar-refractivity contribution < 1.29 is 8.42 Å². The van der Waals surface area contributed by atoms with E-state index in [0.29, 0.717) is 12.8 Å². The number of sulfone groups is 1. The van der Waals surface area contributed by atoms with E-state index in [1.54, 1.807) is 0 Å². The molecular formula is C12H19BrN2O2S. The first-order chi connectivity index (χ1) is 8.35. The number of nitrogens with one attached hydrogen (secondary N) is 1. The molecule has 0 amide bonds. The van der Waals surface area contributed by atoms with Gasteiger partial charge in [0.25, 0.3) is 0 Å². The number of hydrazine groups is 1. The van der Waals surface area contributed by atoms with E-state index >= 15 is 0 Å². The van der Waals surface area contributed by atoms with Crippen molar-refractivity contribution in [1.29, 1.82) is 0 Å². The summed E-state index contributed by atoms with van der Waals surface area (Å²) in [6, 6.07) is 5.91. The summed E-state index contributed by atoms with van der Waals surface area (Å²) in [4.78, 5) is 0. The van der Waals surface area contributed by atoms with E-state index in [1.807, 2.05) is 25.1 Å². The van der Waals surface area contributed by atoms with Gasteiger partial charge < -0.3 is 0 Å². The molecule has 0 bridgehead atoms. The Morgan fingerprint density at radius 1 is 1.44 bits per heavy atom. The lowest BCUT2D eigenvalue weighted by Crippen LogP contribution is -2.29. The van der Waals surface area contributed by atoms with E-state index in [9.17, 15) is 8.42 Å². The first kappa shape index (κ1) is 15.6. The van der Waals surface area contributed by atoms with Crippen molar-refractivity contribution in [3.05, 3.63) is 33.8 Å². The maximum Gasteiger partial charge on any atom is 0.147 e. The fourth-order valence-electron chi connectivity index (χ4n) is 1.88. The monoisotopic (exact) mass is 334 g/mol. The highest BCUT2D eigenvalue weighted by atomic mass is 79.9. The summed E-state index contributed by atoms with van der Waals surface area (Å²) in [6.07, 6.45) is 2.54. The molecule has 0 aliphatic heterocycles. The summed E-state index contributed by atoms with van der Waals surface area (Å²) in [5.74, 6) is 5.75. The molecule has 0 saturated heterocycles.